The van der Waals surface area contributed by atoms with Gasteiger partial charge in [-0.25, -0.2) is 4.98 Å². The number of hydrogen-bond donors (Lipinski definition) is 1. The average molecular weight is 404 g/mol. The van der Waals surface area contributed by atoms with Crippen LogP contribution < -0.4 is 10.2 Å². The Kier molecular flexibility index (Phi) is 5.36. The third-order valence-corrected chi connectivity index (χ3v) is 5.85. The van der Waals surface area contributed by atoms with Crippen molar-refractivity contribution in [3.05, 3.63) is 83.0 Å². The lowest BCUT2D eigenvalue weighted by Gasteiger charge is -2.28. The maximum Gasteiger partial charge on any atom is 0.255 e. The van der Waals surface area contributed by atoms with Crippen molar-refractivity contribution < 1.29 is 9.59 Å². The van der Waals surface area contributed by atoms with Crippen molar-refractivity contribution >= 4 is 35.0 Å². The standard InChI is InChI=1S/C23H21N3O2S/c1-15-5-6-16(2)19(12-15)25-22(28)18-9-7-17(8-10-18)13-26-20-4-3-11-24-23(20)29-14-21(26)27/h3-12H,13-14H2,1-2H3,(H,25,28). The van der Waals surface area contributed by atoms with Crippen LogP contribution in [0, 0.1) is 13.8 Å². The van der Waals surface area contributed by atoms with Gasteiger partial charge in [0.2, 0.25) is 5.91 Å². The summed E-state index contributed by atoms with van der Waals surface area (Å²) in [6.45, 7) is 4.42. The monoisotopic (exact) mass is 403 g/mol. The lowest BCUT2D eigenvalue weighted by Crippen LogP contribution is -2.35. The van der Waals surface area contributed by atoms with Gasteiger partial charge in [0.15, 0.2) is 0 Å². The topological polar surface area (TPSA) is 62.3 Å². The van der Waals surface area contributed by atoms with Gasteiger partial charge in [-0.15, -0.1) is 0 Å². The minimum atomic E-state index is -0.148. The average Bonchev–Trinajstić information content (AvgIpc) is 2.73. The summed E-state index contributed by atoms with van der Waals surface area (Å²) in [7, 11) is 0. The van der Waals surface area contributed by atoms with Crippen molar-refractivity contribution in [2.24, 2.45) is 0 Å². The highest BCUT2D eigenvalue weighted by Crippen LogP contribution is 2.34. The number of thioether (sulfide) groups is 1. The lowest BCUT2D eigenvalue weighted by atomic mass is 10.1. The first kappa shape index (κ1) is 19.2. The van der Waals surface area contributed by atoms with Gasteiger partial charge in [0.1, 0.15) is 5.03 Å². The highest BCUT2D eigenvalue weighted by atomic mass is 32.2. The van der Waals surface area contributed by atoms with Gasteiger partial charge in [0.25, 0.3) is 5.91 Å². The van der Waals surface area contributed by atoms with Gasteiger partial charge in [-0.05, 0) is 60.9 Å². The fraction of sp³-hybridized carbons (Fsp3) is 0.174. The SMILES string of the molecule is Cc1ccc(C)c(NC(=O)c2ccc(CN3C(=O)CSc4ncccc43)cc2)c1. The van der Waals surface area contributed by atoms with E-state index in [0.717, 1.165) is 33.1 Å². The van der Waals surface area contributed by atoms with Crippen molar-refractivity contribution in [3.8, 4) is 0 Å². The molecule has 2 amide bonds. The quantitative estimate of drug-likeness (QED) is 0.692. The molecule has 0 bridgehead atoms. The van der Waals surface area contributed by atoms with Gasteiger partial charge in [-0.2, -0.15) is 0 Å². The van der Waals surface area contributed by atoms with E-state index >= 15 is 0 Å². The maximum absolute atomic E-state index is 12.6. The second-order valence-electron chi connectivity index (χ2n) is 7.07. The Hall–Kier alpha value is -3.12. The first-order chi connectivity index (χ1) is 14.0. The Morgan fingerprint density at radius 3 is 2.72 bits per heavy atom. The zero-order valence-electron chi connectivity index (χ0n) is 16.3. The molecule has 3 aromatic rings. The van der Waals surface area contributed by atoms with E-state index in [1.54, 1.807) is 23.2 Å². The lowest BCUT2D eigenvalue weighted by molar-refractivity contribution is -0.116. The van der Waals surface area contributed by atoms with Crippen LogP contribution in [-0.2, 0) is 11.3 Å². The molecule has 4 rings (SSSR count). The van der Waals surface area contributed by atoms with E-state index in [1.807, 2.05) is 56.3 Å². The van der Waals surface area contributed by atoms with E-state index in [4.69, 9.17) is 0 Å². The Balaban J connectivity index is 1.49. The number of hydrogen-bond acceptors (Lipinski definition) is 4. The Bertz CT molecular complexity index is 1080. The maximum atomic E-state index is 12.6. The molecule has 29 heavy (non-hydrogen) atoms. The number of aromatic nitrogens is 1. The Morgan fingerprint density at radius 2 is 1.93 bits per heavy atom. The van der Waals surface area contributed by atoms with Gasteiger partial charge in [-0.1, -0.05) is 36.0 Å². The number of carbonyl (C=O) groups is 2. The zero-order chi connectivity index (χ0) is 20.4. The zero-order valence-corrected chi connectivity index (χ0v) is 17.1. The number of amides is 2. The van der Waals surface area contributed by atoms with Gasteiger partial charge in [0.05, 0.1) is 18.0 Å². The van der Waals surface area contributed by atoms with Crippen molar-refractivity contribution in [1.29, 1.82) is 0 Å². The number of nitrogens with zero attached hydrogens (tertiary/aromatic N) is 2. The first-order valence-corrected chi connectivity index (χ1v) is 10.4. The van der Waals surface area contributed by atoms with Crippen LogP contribution in [0.25, 0.3) is 0 Å². The molecule has 1 aromatic heterocycles. The van der Waals surface area contributed by atoms with E-state index < -0.39 is 0 Å². The molecular weight excluding hydrogens is 382 g/mol. The molecule has 0 fully saturated rings. The number of pyridine rings is 1. The number of anilines is 2. The summed E-state index contributed by atoms with van der Waals surface area (Å²) in [5, 5.41) is 3.85. The van der Waals surface area contributed by atoms with E-state index in [2.05, 4.69) is 10.3 Å². The summed E-state index contributed by atoms with van der Waals surface area (Å²) in [6.07, 6.45) is 1.74. The highest BCUT2D eigenvalue weighted by molar-refractivity contribution is 8.00. The molecule has 5 nitrogen and oxygen atoms in total. The fourth-order valence-corrected chi connectivity index (χ4v) is 4.10. The van der Waals surface area contributed by atoms with E-state index in [0.29, 0.717) is 17.9 Å². The van der Waals surface area contributed by atoms with Gasteiger partial charge >= 0.3 is 0 Å². The number of benzene rings is 2. The van der Waals surface area contributed by atoms with Crippen LogP contribution in [0.5, 0.6) is 0 Å². The second-order valence-corrected chi connectivity index (χ2v) is 8.03. The van der Waals surface area contributed by atoms with Crippen LogP contribution in [0.3, 0.4) is 0 Å². The summed E-state index contributed by atoms with van der Waals surface area (Å²) in [5.41, 5.74) is 5.32. The summed E-state index contributed by atoms with van der Waals surface area (Å²) in [6, 6.07) is 17.1. The van der Waals surface area contributed by atoms with Gasteiger partial charge < -0.3 is 10.2 Å². The minimum Gasteiger partial charge on any atom is -0.322 e. The molecule has 0 saturated heterocycles. The predicted octanol–water partition coefficient (Wildman–Crippen LogP) is 4.59. The molecule has 0 spiro atoms. The van der Waals surface area contributed by atoms with Crippen LogP contribution >= 0.6 is 11.8 Å². The van der Waals surface area contributed by atoms with Crippen molar-refractivity contribution in [2.75, 3.05) is 16.0 Å². The third-order valence-electron chi connectivity index (χ3n) is 4.87. The summed E-state index contributed by atoms with van der Waals surface area (Å²) in [5.74, 6) is 0.304. The molecule has 0 unspecified atom stereocenters. The molecule has 6 heteroatoms. The van der Waals surface area contributed by atoms with Crippen molar-refractivity contribution in [1.82, 2.24) is 4.98 Å². The Labute approximate surface area is 174 Å². The van der Waals surface area contributed by atoms with Crippen LogP contribution in [0.2, 0.25) is 0 Å². The molecule has 2 heterocycles. The molecule has 146 valence electrons. The van der Waals surface area contributed by atoms with E-state index in [-0.39, 0.29) is 11.8 Å². The van der Waals surface area contributed by atoms with Crippen molar-refractivity contribution in [3.63, 3.8) is 0 Å². The first-order valence-electron chi connectivity index (χ1n) is 9.37. The summed E-state index contributed by atoms with van der Waals surface area (Å²) < 4.78 is 0. The molecule has 1 aliphatic heterocycles. The Morgan fingerprint density at radius 1 is 1.14 bits per heavy atom. The normalized spacial score (nSPS) is 13.2. The van der Waals surface area contributed by atoms with E-state index in [9.17, 15) is 9.59 Å². The molecule has 2 aromatic carbocycles. The molecule has 1 N–H and O–H groups in total. The van der Waals surface area contributed by atoms with Crippen LogP contribution in [0.4, 0.5) is 11.4 Å². The van der Waals surface area contributed by atoms with Crippen LogP contribution in [-0.4, -0.2) is 22.6 Å². The summed E-state index contributed by atoms with van der Waals surface area (Å²) >= 11 is 1.47. The predicted molar refractivity (Wildman–Crippen MR) is 116 cm³/mol. The molecule has 0 radical (unpaired) electrons. The molecule has 0 saturated carbocycles. The number of aryl methyl sites for hydroxylation is 2. The molecule has 0 atom stereocenters. The largest absolute Gasteiger partial charge is 0.322 e. The number of carbonyl (C=O) groups excluding carboxylic acids is 2. The number of rotatable bonds is 4. The van der Waals surface area contributed by atoms with Gasteiger partial charge in [-0.3, -0.25) is 9.59 Å². The van der Waals surface area contributed by atoms with Crippen LogP contribution in [0.15, 0.2) is 65.8 Å². The smallest absolute Gasteiger partial charge is 0.255 e. The highest BCUT2D eigenvalue weighted by Gasteiger charge is 2.25. The van der Waals surface area contributed by atoms with E-state index in [1.165, 1.54) is 11.8 Å². The fourth-order valence-electron chi connectivity index (χ4n) is 3.22. The molecule has 0 aliphatic carbocycles. The minimum absolute atomic E-state index is 0.0623. The van der Waals surface area contributed by atoms with Crippen LogP contribution in [0.1, 0.15) is 27.0 Å². The van der Waals surface area contributed by atoms with Crippen molar-refractivity contribution in [2.45, 2.75) is 25.4 Å². The second kappa shape index (κ2) is 8.09. The molecule has 1 aliphatic rings. The summed E-state index contributed by atoms with van der Waals surface area (Å²) in [4.78, 5) is 31.1. The third kappa shape index (κ3) is 4.17. The number of nitrogens with one attached hydrogen (secondary N) is 1. The molecular formula is C23H21N3O2S. The van der Waals surface area contributed by atoms with Gasteiger partial charge in [0, 0.05) is 17.4 Å². The number of fused-ring (bicyclic) bond motifs is 1.